The minimum atomic E-state index is -3.60. The molecule has 1 aliphatic carbocycles. The summed E-state index contributed by atoms with van der Waals surface area (Å²) in [4.78, 5) is 15.7. The van der Waals surface area contributed by atoms with Crippen LogP contribution >= 0.6 is 0 Å². The zero-order valence-corrected chi connectivity index (χ0v) is 30.0. The number of rotatable bonds is 10. The fraction of sp³-hybridized carbons (Fsp3) is 0.457. The number of carbonyl (C=O) groups excluding carboxylic acids is 1. The van der Waals surface area contributed by atoms with Gasteiger partial charge in [0, 0.05) is 0 Å². The fourth-order valence-electron chi connectivity index (χ4n) is 6.44. The van der Waals surface area contributed by atoms with Gasteiger partial charge in [-0.15, -0.1) is 10.2 Å². The number of fused-ring (bicyclic) bond motifs is 2. The highest BCUT2D eigenvalue weighted by Crippen LogP contribution is 2.41. The third-order valence-corrected chi connectivity index (χ3v) is 9.17. The average Bonchev–Trinajstić information content (AvgIpc) is 3.39. The maximum atomic E-state index is 13.5. The van der Waals surface area contributed by atoms with Crippen molar-refractivity contribution in [2.75, 3.05) is 37.5 Å². The molecule has 1 unspecified atom stereocenters. The van der Waals surface area contributed by atoms with E-state index in [0.29, 0.717) is 30.2 Å². The Balaban J connectivity index is 1.37. The molecule has 0 saturated carbocycles. The number of urea groups is 1. The molecule has 0 bridgehead atoms. The van der Waals surface area contributed by atoms with Crippen LogP contribution in [0.1, 0.15) is 88.2 Å². The van der Waals surface area contributed by atoms with Gasteiger partial charge in [-0.1, -0.05) is 58.9 Å². The second-order valence-corrected chi connectivity index (χ2v) is 15.7. The molecule has 0 saturated heterocycles. The molecule has 5 rings (SSSR count). The fourth-order valence-corrected chi connectivity index (χ4v) is 6.99. The first-order chi connectivity index (χ1) is 22.6. The summed E-state index contributed by atoms with van der Waals surface area (Å²) >= 11 is 0. The quantitative estimate of drug-likeness (QED) is 0.174. The molecule has 0 fully saturated rings. The van der Waals surface area contributed by atoms with Crippen LogP contribution in [0.5, 0.6) is 11.5 Å². The lowest BCUT2D eigenvalue weighted by atomic mass is 9.85. The van der Waals surface area contributed by atoms with E-state index in [0.717, 1.165) is 34.4 Å². The predicted molar refractivity (Wildman–Crippen MR) is 188 cm³/mol. The van der Waals surface area contributed by atoms with Gasteiger partial charge in [0.2, 0.25) is 10.0 Å². The topological polar surface area (TPSA) is 139 Å². The van der Waals surface area contributed by atoms with Gasteiger partial charge >= 0.3 is 6.03 Å². The van der Waals surface area contributed by atoms with Gasteiger partial charge in [-0.2, -0.15) is 0 Å². The Hall–Kier alpha value is -4.36. The highest BCUT2D eigenvalue weighted by atomic mass is 32.2. The molecule has 3 N–H and O–H groups in total. The van der Waals surface area contributed by atoms with E-state index in [2.05, 4.69) is 44.3 Å². The number of methoxy groups -OCH3 is 1. The van der Waals surface area contributed by atoms with E-state index in [4.69, 9.17) is 9.47 Å². The number of ether oxygens (including phenoxy) is 2. The molecule has 0 radical (unpaired) electrons. The number of carbonyl (C=O) groups is 1. The summed E-state index contributed by atoms with van der Waals surface area (Å²) in [5.74, 6) is 2.12. The van der Waals surface area contributed by atoms with E-state index < -0.39 is 16.1 Å². The van der Waals surface area contributed by atoms with Crippen molar-refractivity contribution in [3.05, 3.63) is 77.2 Å². The number of pyridine rings is 1. The summed E-state index contributed by atoms with van der Waals surface area (Å²) in [6.45, 7) is 10.4. The van der Waals surface area contributed by atoms with Gasteiger partial charge in [-0.25, -0.2) is 13.2 Å². The first-order valence-electron chi connectivity index (χ1n) is 16.1. The van der Waals surface area contributed by atoms with E-state index in [1.165, 1.54) is 7.11 Å². The van der Waals surface area contributed by atoms with E-state index in [-0.39, 0.29) is 35.0 Å². The summed E-state index contributed by atoms with van der Waals surface area (Å²) in [6.07, 6.45) is 4.13. The van der Waals surface area contributed by atoms with Crippen LogP contribution in [-0.4, -0.2) is 61.4 Å². The average molecular weight is 678 g/mol. The molecule has 2 aromatic carbocycles. The van der Waals surface area contributed by atoms with Crippen LogP contribution in [0.3, 0.4) is 0 Å². The molecule has 258 valence electrons. The van der Waals surface area contributed by atoms with Crippen molar-refractivity contribution in [2.24, 2.45) is 5.92 Å². The van der Waals surface area contributed by atoms with Crippen LogP contribution in [0, 0.1) is 5.92 Å². The zero-order valence-electron chi connectivity index (χ0n) is 29.2. The molecular weight excluding hydrogens is 630 g/mol. The number of hydrogen-bond acceptors (Lipinski definition) is 8. The summed E-state index contributed by atoms with van der Waals surface area (Å²) in [5.41, 5.74) is 3.84. The lowest BCUT2D eigenvalue weighted by Crippen LogP contribution is -2.35. The van der Waals surface area contributed by atoms with Crippen LogP contribution in [0.15, 0.2) is 54.7 Å². The SMILES string of the molecule is COc1c(NC(=O)N[C@H]2CC[C@@H](Oc3ccc4nnc(C(C(C)C)N(C)C)n4c3)c3ccccc32)cc(C(C)(C)C)cc1NS(C)(=O)=O. The summed E-state index contributed by atoms with van der Waals surface area (Å²) in [6, 6.07) is 14.7. The Morgan fingerprint density at radius 3 is 2.33 bits per heavy atom. The number of benzene rings is 2. The van der Waals surface area contributed by atoms with Crippen LogP contribution in [-0.2, 0) is 15.4 Å². The highest BCUT2D eigenvalue weighted by molar-refractivity contribution is 7.92. The molecule has 0 aliphatic heterocycles. The Labute approximate surface area is 283 Å². The third kappa shape index (κ3) is 7.68. The van der Waals surface area contributed by atoms with Crippen molar-refractivity contribution in [1.29, 1.82) is 0 Å². The zero-order chi connectivity index (χ0) is 35.0. The Bertz CT molecular complexity index is 1890. The van der Waals surface area contributed by atoms with Gasteiger partial charge < -0.3 is 20.1 Å². The molecule has 1 aliphatic rings. The maximum absolute atomic E-state index is 13.5. The molecule has 2 aromatic heterocycles. The number of hydrogen-bond donors (Lipinski definition) is 3. The highest BCUT2D eigenvalue weighted by Gasteiger charge is 2.31. The van der Waals surface area contributed by atoms with E-state index in [9.17, 15) is 13.2 Å². The van der Waals surface area contributed by atoms with Crippen LogP contribution in [0.4, 0.5) is 16.2 Å². The smallest absolute Gasteiger partial charge is 0.319 e. The van der Waals surface area contributed by atoms with Gasteiger partial charge in [0.1, 0.15) is 11.9 Å². The second-order valence-electron chi connectivity index (χ2n) is 14.0. The third-order valence-electron chi connectivity index (χ3n) is 8.58. The summed E-state index contributed by atoms with van der Waals surface area (Å²) in [5, 5.41) is 14.9. The van der Waals surface area contributed by atoms with Gasteiger partial charge in [-0.3, -0.25) is 14.0 Å². The lowest BCUT2D eigenvalue weighted by Gasteiger charge is -2.32. The molecule has 2 amide bonds. The normalized spacial score (nSPS) is 17.2. The standard InChI is InChI=1S/C35H47N7O5S/c1-21(2)31(41(6)7)33-39-38-30-17-14-23(20-42(30)33)47-29-16-15-26(24-12-10-11-13-25(24)29)36-34(43)37-27-18-22(35(3,4)5)19-28(32(27)46-8)40-48(9,44)45/h10-14,17-21,26,29,31,40H,15-16H2,1-9H3,(H2,36,37,43)/t26-,29+,31?/m0/s1. The predicted octanol–water partition coefficient (Wildman–Crippen LogP) is 6.44. The van der Waals surface area contributed by atoms with Gasteiger partial charge in [0.15, 0.2) is 17.2 Å². The van der Waals surface area contributed by atoms with Crippen molar-refractivity contribution in [1.82, 2.24) is 24.8 Å². The van der Waals surface area contributed by atoms with Gasteiger partial charge in [-0.05, 0) is 79.2 Å². The maximum Gasteiger partial charge on any atom is 0.319 e. The molecule has 13 heteroatoms. The van der Waals surface area contributed by atoms with E-state index in [1.807, 2.05) is 87.9 Å². The molecule has 48 heavy (non-hydrogen) atoms. The van der Waals surface area contributed by atoms with E-state index in [1.54, 1.807) is 6.07 Å². The van der Waals surface area contributed by atoms with Crippen LogP contribution in [0.25, 0.3) is 5.65 Å². The number of anilines is 2. The van der Waals surface area contributed by atoms with Crippen molar-refractivity contribution >= 4 is 33.1 Å². The van der Waals surface area contributed by atoms with Gasteiger partial charge in [0.25, 0.3) is 0 Å². The summed E-state index contributed by atoms with van der Waals surface area (Å²) in [7, 11) is 1.92. The van der Waals surface area contributed by atoms with Crippen LogP contribution < -0.4 is 24.8 Å². The summed E-state index contributed by atoms with van der Waals surface area (Å²) < 4.78 is 41.0. The molecule has 3 atom stereocenters. The lowest BCUT2D eigenvalue weighted by molar-refractivity contribution is 0.171. The van der Waals surface area contributed by atoms with Crippen LogP contribution in [0.2, 0.25) is 0 Å². The second kappa shape index (κ2) is 13.6. The largest absolute Gasteiger partial charge is 0.492 e. The van der Waals surface area contributed by atoms with Crippen molar-refractivity contribution < 1.29 is 22.7 Å². The molecule has 4 aromatic rings. The first-order valence-corrected chi connectivity index (χ1v) is 18.0. The first kappa shape index (κ1) is 35.0. The monoisotopic (exact) mass is 677 g/mol. The Kier molecular flexibility index (Phi) is 9.93. The minimum Gasteiger partial charge on any atom is -0.492 e. The minimum absolute atomic E-state index is 0.0853. The van der Waals surface area contributed by atoms with Crippen molar-refractivity contribution in [3.8, 4) is 11.5 Å². The Morgan fingerprint density at radius 1 is 1.02 bits per heavy atom. The molecular formula is C35H47N7O5S. The van der Waals surface area contributed by atoms with E-state index >= 15 is 0 Å². The van der Waals surface area contributed by atoms with Crippen molar-refractivity contribution in [2.45, 2.75) is 71.1 Å². The number of amides is 2. The number of nitrogens with one attached hydrogen (secondary N) is 3. The number of nitrogens with zero attached hydrogens (tertiary/aromatic N) is 4. The molecule has 12 nitrogen and oxygen atoms in total. The molecule has 2 heterocycles. The Morgan fingerprint density at radius 2 is 1.71 bits per heavy atom. The number of aromatic nitrogens is 3. The number of sulfonamides is 1. The van der Waals surface area contributed by atoms with Gasteiger partial charge in [0.05, 0.1) is 43.0 Å². The molecule has 0 spiro atoms. The van der Waals surface area contributed by atoms with Crippen molar-refractivity contribution in [3.63, 3.8) is 0 Å².